The Hall–Kier alpha value is -6.62. The molecule has 0 unspecified atom stereocenters. The number of nitrogens with zero attached hydrogens (tertiary/aromatic N) is 5. The summed E-state index contributed by atoms with van der Waals surface area (Å²) in [6, 6.07) is 63.9. The van der Waals surface area contributed by atoms with E-state index in [0.29, 0.717) is 11.5 Å². The maximum Gasteiger partial charge on any atom is 0.137 e. The second-order valence-corrected chi connectivity index (χ2v) is 13.8. The van der Waals surface area contributed by atoms with Gasteiger partial charge in [-0.3, -0.25) is 0 Å². The fourth-order valence-corrected chi connectivity index (χ4v) is 8.05. The second-order valence-electron chi connectivity index (χ2n) is 13.8. The van der Waals surface area contributed by atoms with Gasteiger partial charge in [0, 0.05) is 90.7 Å². The van der Waals surface area contributed by atoms with Gasteiger partial charge in [-0.25, -0.2) is 4.98 Å². The number of ether oxygens (including phenoxy) is 1. The molecule has 7 heteroatoms. The number of fused-ring (bicyclic) bond motifs is 7. The first kappa shape index (κ1) is 33.9. The largest absolute Gasteiger partial charge is 0.509 e. The van der Waals surface area contributed by atoms with Crippen LogP contribution in [0.2, 0.25) is 0 Å². The van der Waals surface area contributed by atoms with Crippen molar-refractivity contribution in [3.8, 4) is 28.4 Å². The van der Waals surface area contributed by atoms with Crippen molar-refractivity contribution in [3.63, 3.8) is 0 Å². The fourth-order valence-electron chi connectivity index (χ4n) is 8.05. The number of benzene rings is 7. The number of aromatic nitrogens is 3. The van der Waals surface area contributed by atoms with E-state index in [9.17, 15) is 0 Å². The molecule has 0 fully saturated rings. The molecule has 3 aromatic heterocycles. The summed E-state index contributed by atoms with van der Waals surface area (Å²) in [5.41, 5.74) is 10.7. The summed E-state index contributed by atoms with van der Waals surface area (Å²) in [6.07, 6.45) is 1.99. The predicted molar refractivity (Wildman–Crippen MR) is 224 cm³/mol. The minimum atomic E-state index is 0. The topological polar surface area (TPSA) is 38.5 Å². The van der Waals surface area contributed by atoms with Crippen LogP contribution in [-0.4, -0.2) is 14.1 Å². The molecule has 0 radical (unpaired) electrons. The Morgan fingerprint density at radius 3 is 2.07 bits per heavy atom. The Bertz CT molecular complexity index is 3080. The van der Waals surface area contributed by atoms with Crippen LogP contribution in [0.3, 0.4) is 0 Å². The van der Waals surface area contributed by atoms with E-state index >= 15 is 0 Å². The molecule has 0 atom stereocenters. The van der Waals surface area contributed by atoms with E-state index < -0.39 is 0 Å². The monoisotopic (exact) mass is 901 g/mol. The summed E-state index contributed by atoms with van der Waals surface area (Å²) in [7, 11) is 2.11. The minimum Gasteiger partial charge on any atom is -0.509 e. The smallest absolute Gasteiger partial charge is 0.137 e. The van der Waals surface area contributed by atoms with Gasteiger partial charge in [-0.05, 0) is 52.9 Å². The van der Waals surface area contributed by atoms with Crippen LogP contribution in [-0.2, 0) is 28.1 Å². The number of hydrogen-bond acceptors (Lipinski definition) is 4. The minimum absolute atomic E-state index is 0. The molecular weight excluding hydrogens is 870 g/mol. The average Bonchev–Trinajstić information content (AvgIpc) is 3.89. The van der Waals surface area contributed by atoms with Gasteiger partial charge in [0.1, 0.15) is 5.82 Å². The van der Waals surface area contributed by atoms with E-state index in [1.807, 2.05) is 36.5 Å². The summed E-state index contributed by atoms with van der Waals surface area (Å²) >= 11 is 0. The molecule has 4 heterocycles. The van der Waals surface area contributed by atoms with Gasteiger partial charge in [-0.1, -0.05) is 96.5 Å². The van der Waals surface area contributed by atoms with Gasteiger partial charge in [0.25, 0.3) is 0 Å². The molecule has 1 aliphatic rings. The normalized spacial score (nSPS) is 12.4. The number of aryl methyl sites for hydroxylation is 1. The van der Waals surface area contributed by atoms with Crippen LogP contribution in [0.5, 0.6) is 11.5 Å². The molecule has 0 spiro atoms. The van der Waals surface area contributed by atoms with Crippen molar-refractivity contribution in [1.82, 2.24) is 14.1 Å². The number of anilines is 4. The van der Waals surface area contributed by atoms with Crippen LogP contribution in [0.4, 0.5) is 22.7 Å². The van der Waals surface area contributed by atoms with E-state index in [0.717, 1.165) is 66.8 Å². The van der Waals surface area contributed by atoms with E-state index in [-0.39, 0.29) is 21.1 Å². The van der Waals surface area contributed by atoms with Gasteiger partial charge in [0.05, 0.1) is 5.52 Å². The molecule has 7 aromatic carbocycles. The number of hydrogen-bond donors (Lipinski definition) is 0. The number of pyridine rings is 1. The first-order valence-electron chi connectivity index (χ1n) is 18.4. The average molecular weight is 902 g/mol. The van der Waals surface area contributed by atoms with Crippen LogP contribution in [0.15, 0.2) is 170 Å². The molecule has 0 aliphatic carbocycles. The van der Waals surface area contributed by atoms with Crippen molar-refractivity contribution in [3.05, 3.63) is 189 Å². The molecular formula is C49H32N5OPt-3. The third kappa shape index (κ3) is 5.48. The first-order chi connectivity index (χ1) is 27.2. The molecule has 0 bridgehead atoms. The van der Waals surface area contributed by atoms with E-state index in [1.54, 1.807) is 0 Å². The van der Waals surface area contributed by atoms with E-state index in [1.165, 1.54) is 16.5 Å². The fraction of sp³-hybridized carbons (Fsp3) is 0.0204. The zero-order chi connectivity index (χ0) is 36.5. The van der Waals surface area contributed by atoms with Gasteiger partial charge in [-0.15, -0.1) is 48.1 Å². The molecule has 56 heavy (non-hydrogen) atoms. The molecule has 0 saturated carbocycles. The second kappa shape index (κ2) is 13.6. The van der Waals surface area contributed by atoms with E-state index in [4.69, 9.17) is 9.72 Å². The number of para-hydroxylation sites is 3. The summed E-state index contributed by atoms with van der Waals surface area (Å²) < 4.78 is 11.0. The van der Waals surface area contributed by atoms with Gasteiger partial charge >= 0.3 is 0 Å². The van der Waals surface area contributed by atoms with Crippen LogP contribution >= 0.6 is 0 Å². The predicted octanol–water partition coefficient (Wildman–Crippen LogP) is 12.3. The van der Waals surface area contributed by atoms with E-state index in [2.05, 4.69) is 178 Å². The zero-order valence-corrected chi connectivity index (χ0v) is 32.5. The van der Waals surface area contributed by atoms with Crippen molar-refractivity contribution in [2.24, 2.45) is 7.05 Å². The molecule has 11 rings (SSSR count). The molecule has 0 saturated heterocycles. The molecule has 0 amide bonds. The van der Waals surface area contributed by atoms with Crippen molar-refractivity contribution in [2.45, 2.75) is 0 Å². The summed E-state index contributed by atoms with van der Waals surface area (Å²) in [6.45, 7) is 2.13. The third-order valence-electron chi connectivity index (χ3n) is 10.7. The zero-order valence-electron chi connectivity index (χ0n) is 30.2. The standard InChI is InChI=1S/C49H32N5O.Pt/c1-51-43-21-10-8-20-40(43)42-31-50-49(30-46(42)51)54-44-22-11-9-19-39(44)41-25-24-38(29-47(41)54)55-37-18-12-17-36(28-37)53-32-52(35-15-6-3-7-16-35)48-27-34(23-26-45(48)53)33-13-4-2-5-14-33;/h2-27,30-32H,1H3;/q-3;. The van der Waals surface area contributed by atoms with Gasteiger partial charge in [0.2, 0.25) is 0 Å². The van der Waals surface area contributed by atoms with Crippen LogP contribution < -0.4 is 14.5 Å². The Balaban J connectivity index is 0.00000384. The van der Waals surface area contributed by atoms with Gasteiger partial charge in [0.15, 0.2) is 0 Å². The molecule has 10 aromatic rings. The maximum atomic E-state index is 6.58. The summed E-state index contributed by atoms with van der Waals surface area (Å²) in [5, 5.41) is 4.54. The molecule has 0 N–H and O–H groups in total. The van der Waals surface area contributed by atoms with Gasteiger partial charge < -0.3 is 23.7 Å². The molecule has 1 aliphatic heterocycles. The number of rotatable bonds is 6. The van der Waals surface area contributed by atoms with Crippen LogP contribution in [0.25, 0.3) is 60.6 Å². The molecule has 272 valence electrons. The maximum absolute atomic E-state index is 6.58. The Morgan fingerprint density at radius 2 is 1.25 bits per heavy atom. The van der Waals surface area contributed by atoms with Gasteiger partial charge in [-0.2, -0.15) is 12.1 Å². The Morgan fingerprint density at radius 1 is 0.536 bits per heavy atom. The summed E-state index contributed by atoms with van der Waals surface area (Å²) in [5.74, 6) is 2.02. The summed E-state index contributed by atoms with van der Waals surface area (Å²) in [4.78, 5) is 9.42. The van der Waals surface area contributed by atoms with Crippen molar-refractivity contribution in [2.75, 3.05) is 9.80 Å². The third-order valence-corrected chi connectivity index (χ3v) is 10.7. The first-order valence-corrected chi connectivity index (χ1v) is 18.4. The van der Waals surface area contributed by atoms with Crippen LogP contribution in [0, 0.1) is 18.8 Å². The van der Waals surface area contributed by atoms with Crippen molar-refractivity contribution >= 4 is 66.4 Å². The molecule has 6 nitrogen and oxygen atoms in total. The van der Waals surface area contributed by atoms with Crippen molar-refractivity contribution < 1.29 is 25.8 Å². The Labute approximate surface area is 338 Å². The van der Waals surface area contributed by atoms with Crippen LogP contribution in [0.1, 0.15) is 0 Å². The van der Waals surface area contributed by atoms with Crippen molar-refractivity contribution in [1.29, 1.82) is 0 Å². The quantitative estimate of drug-likeness (QED) is 0.156. The Kier molecular flexibility index (Phi) is 8.23. The SMILES string of the molecule is Cn1c2ccccc2c2cnc(-n3c4[c-]c(Oc5[c-]c(N6[CH-]N(c7ccccc7)c7cc(-c8ccccc8)ccc76)ccc5)ccc4c4ccccc43)cc21.[Pt].